The van der Waals surface area contributed by atoms with E-state index in [4.69, 9.17) is 14.2 Å². The van der Waals surface area contributed by atoms with Crippen LogP contribution in [0.25, 0.3) is 0 Å². The molecule has 0 saturated heterocycles. The van der Waals surface area contributed by atoms with Gasteiger partial charge in [-0.2, -0.15) is 0 Å². The first-order valence-electron chi connectivity index (χ1n) is 4.96. The molecule has 0 amide bonds. The van der Waals surface area contributed by atoms with E-state index in [1.807, 2.05) is 0 Å². The molecule has 0 aromatic heterocycles. The van der Waals surface area contributed by atoms with E-state index in [2.05, 4.69) is 6.58 Å². The summed E-state index contributed by atoms with van der Waals surface area (Å²) in [5.41, 5.74) is 0.405. The zero-order valence-corrected chi connectivity index (χ0v) is 9.75. The van der Waals surface area contributed by atoms with Crippen molar-refractivity contribution in [3.63, 3.8) is 0 Å². The van der Waals surface area contributed by atoms with Gasteiger partial charge < -0.3 is 14.2 Å². The smallest absolute Gasteiger partial charge is 0.333 e. The highest BCUT2D eigenvalue weighted by Crippen LogP contribution is 2.06. The molecule has 88 valence electrons. The monoisotopic (exact) mass is 216 g/mol. The minimum atomic E-state index is -0.366. The standard InChI is InChI=1S/C11H20O4/c1-9(2)11(12)15-10(8-14-4)6-5-7-13-3/h10H,1,5-8H2,2-4H3. The quantitative estimate of drug-likeness (QED) is 0.351. The number of hydrogen-bond donors (Lipinski definition) is 0. The van der Waals surface area contributed by atoms with Gasteiger partial charge in [0, 0.05) is 26.4 Å². The molecular formula is C11H20O4. The third kappa shape index (κ3) is 7.11. The molecule has 0 spiro atoms. The maximum absolute atomic E-state index is 11.3. The molecule has 0 aromatic rings. The predicted octanol–water partition coefficient (Wildman–Crippen LogP) is 1.55. The first kappa shape index (κ1) is 14.1. The van der Waals surface area contributed by atoms with Crippen molar-refractivity contribution in [1.82, 2.24) is 0 Å². The van der Waals surface area contributed by atoms with Gasteiger partial charge in [0.25, 0.3) is 0 Å². The predicted molar refractivity (Wildman–Crippen MR) is 57.7 cm³/mol. The topological polar surface area (TPSA) is 44.8 Å². The maximum Gasteiger partial charge on any atom is 0.333 e. The Kier molecular flexibility index (Phi) is 7.95. The van der Waals surface area contributed by atoms with Gasteiger partial charge >= 0.3 is 5.97 Å². The number of rotatable bonds is 8. The molecule has 0 aromatic carbocycles. The summed E-state index contributed by atoms with van der Waals surface area (Å²) < 4.78 is 15.1. The van der Waals surface area contributed by atoms with Crippen LogP contribution in [0.5, 0.6) is 0 Å². The van der Waals surface area contributed by atoms with Crippen molar-refractivity contribution in [3.05, 3.63) is 12.2 Å². The summed E-state index contributed by atoms with van der Waals surface area (Å²) in [6.07, 6.45) is 1.36. The average molecular weight is 216 g/mol. The van der Waals surface area contributed by atoms with Crippen LogP contribution in [-0.4, -0.2) is 39.5 Å². The molecule has 4 heteroatoms. The number of methoxy groups -OCH3 is 2. The molecule has 0 N–H and O–H groups in total. The van der Waals surface area contributed by atoms with E-state index in [1.165, 1.54) is 0 Å². The molecule has 0 radical (unpaired) electrons. The molecular weight excluding hydrogens is 196 g/mol. The molecule has 1 atom stereocenters. The second kappa shape index (κ2) is 8.44. The Morgan fingerprint density at radius 2 is 2.00 bits per heavy atom. The Labute approximate surface area is 91.2 Å². The van der Waals surface area contributed by atoms with Crippen LogP contribution in [0.3, 0.4) is 0 Å². The highest BCUT2D eigenvalue weighted by Gasteiger charge is 2.14. The van der Waals surface area contributed by atoms with Crippen molar-refractivity contribution in [2.45, 2.75) is 25.9 Å². The Morgan fingerprint density at radius 3 is 2.47 bits per heavy atom. The van der Waals surface area contributed by atoms with Crippen LogP contribution in [0.15, 0.2) is 12.2 Å². The van der Waals surface area contributed by atoms with Crippen molar-refractivity contribution >= 4 is 5.97 Å². The molecule has 0 heterocycles. The van der Waals surface area contributed by atoms with Crippen molar-refractivity contribution in [2.24, 2.45) is 0 Å². The summed E-state index contributed by atoms with van der Waals surface area (Å²) >= 11 is 0. The number of carbonyl (C=O) groups excluding carboxylic acids is 1. The van der Waals surface area contributed by atoms with Crippen LogP contribution >= 0.6 is 0 Å². The lowest BCUT2D eigenvalue weighted by molar-refractivity contribution is -0.147. The summed E-state index contributed by atoms with van der Waals surface area (Å²) in [6.45, 7) is 6.21. The maximum atomic E-state index is 11.3. The number of carbonyl (C=O) groups is 1. The Bertz CT molecular complexity index is 201. The second-order valence-electron chi connectivity index (χ2n) is 3.40. The fourth-order valence-electron chi connectivity index (χ4n) is 1.07. The van der Waals surface area contributed by atoms with Gasteiger partial charge in [0.2, 0.25) is 0 Å². The SMILES string of the molecule is C=C(C)C(=O)OC(CCCOC)COC. The van der Waals surface area contributed by atoms with Crippen LogP contribution in [0, 0.1) is 0 Å². The van der Waals surface area contributed by atoms with Crippen LogP contribution in [0.4, 0.5) is 0 Å². The molecule has 4 nitrogen and oxygen atoms in total. The zero-order chi connectivity index (χ0) is 11.7. The van der Waals surface area contributed by atoms with E-state index in [9.17, 15) is 4.79 Å². The third-order valence-corrected chi connectivity index (χ3v) is 1.85. The largest absolute Gasteiger partial charge is 0.457 e. The van der Waals surface area contributed by atoms with Crippen LogP contribution < -0.4 is 0 Å². The van der Waals surface area contributed by atoms with Gasteiger partial charge in [-0.3, -0.25) is 0 Å². The molecule has 0 aliphatic rings. The van der Waals surface area contributed by atoms with E-state index in [1.54, 1.807) is 21.1 Å². The lowest BCUT2D eigenvalue weighted by atomic mass is 10.2. The summed E-state index contributed by atoms with van der Waals surface area (Å²) in [5, 5.41) is 0. The van der Waals surface area contributed by atoms with Gasteiger partial charge in [0.1, 0.15) is 6.10 Å². The first-order valence-corrected chi connectivity index (χ1v) is 4.96. The van der Waals surface area contributed by atoms with E-state index >= 15 is 0 Å². The van der Waals surface area contributed by atoms with Crippen LogP contribution in [0.2, 0.25) is 0 Å². The van der Waals surface area contributed by atoms with E-state index in [0.29, 0.717) is 18.8 Å². The van der Waals surface area contributed by atoms with Crippen molar-refractivity contribution in [3.8, 4) is 0 Å². The van der Waals surface area contributed by atoms with Gasteiger partial charge in [-0.25, -0.2) is 4.79 Å². The molecule has 0 aliphatic carbocycles. The fraction of sp³-hybridized carbons (Fsp3) is 0.727. The molecule has 0 fully saturated rings. The van der Waals surface area contributed by atoms with E-state index in [-0.39, 0.29) is 12.1 Å². The number of hydrogen-bond acceptors (Lipinski definition) is 4. The van der Waals surface area contributed by atoms with Gasteiger partial charge in [0.05, 0.1) is 6.61 Å². The van der Waals surface area contributed by atoms with Crippen molar-refractivity contribution in [2.75, 3.05) is 27.4 Å². The molecule has 0 aliphatic heterocycles. The zero-order valence-electron chi connectivity index (χ0n) is 9.75. The summed E-state index contributed by atoms with van der Waals surface area (Å²) in [6, 6.07) is 0. The van der Waals surface area contributed by atoms with E-state index < -0.39 is 0 Å². The normalized spacial score (nSPS) is 12.2. The lowest BCUT2D eigenvalue weighted by Gasteiger charge is -2.16. The summed E-state index contributed by atoms with van der Waals surface area (Å²) in [4.78, 5) is 11.3. The molecule has 0 saturated carbocycles. The summed E-state index contributed by atoms with van der Waals surface area (Å²) in [5.74, 6) is -0.366. The Morgan fingerprint density at radius 1 is 1.33 bits per heavy atom. The average Bonchev–Trinajstić information content (AvgIpc) is 2.18. The molecule has 1 unspecified atom stereocenters. The Balaban J connectivity index is 3.91. The highest BCUT2D eigenvalue weighted by atomic mass is 16.6. The number of ether oxygens (including phenoxy) is 3. The third-order valence-electron chi connectivity index (χ3n) is 1.85. The van der Waals surface area contributed by atoms with Gasteiger partial charge in [0.15, 0.2) is 0 Å². The molecule has 0 rings (SSSR count). The number of esters is 1. The van der Waals surface area contributed by atoms with Crippen LogP contribution in [0.1, 0.15) is 19.8 Å². The van der Waals surface area contributed by atoms with Gasteiger partial charge in [-0.1, -0.05) is 6.58 Å². The lowest BCUT2D eigenvalue weighted by Crippen LogP contribution is -2.23. The van der Waals surface area contributed by atoms with Crippen LogP contribution in [-0.2, 0) is 19.0 Å². The summed E-state index contributed by atoms with van der Waals surface area (Å²) in [7, 11) is 3.23. The molecule has 0 bridgehead atoms. The fourth-order valence-corrected chi connectivity index (χ4v) is 1.07. The second-order valence-corrected chi connectivity index (χ2v) is 3.40. The van der Waals surface area contributed by atoms with E-state index in [0.717, 1.165) is 12.8 Å². The minimum absolute atomic E-state index is 0.214. The van der Waals surface area contributed by atoms with Crippen molar-refractivity contribution < 1.29 is 19.0 Å². The van der Waals surface area contributed by atoms with Gasteiger partial charge in [-0.05, 0) is 19.8 Å². The van der Waals surface area contributed by atoms with Crippen molar-refractivity contribution in [1.29, 1.82) is 0 Å². The minimum Gasteiger partial charge on any atom is -0.457 e. The molecule has 15 heavy (non-hydrogen) atoms. The van der Waals surface area contributed by atoms with Gasteiger partial charge in [-0.15, -0.1) is 0 Å². The Hall–Kier alpha value is -0.870. The highest BCUT2D eigenvalue weighted by molar-refractivity contribution is 5.87. The first-order chi connectivity index (χ1) is 7.11.